The molecule has 1 saturated heterocycles. The highest BCUT2D eigenvalue weighted by atomic mass is 19.4. The van der Waals surface area contributed by atoms with Gasteiger partial charge >= 0.3 is 18.6 Å². The van der Waals surface area contributed by atoms with Gasteiger partial charge in [-0.1, -0.05) is 18.2 Å². The van der Waals surface area contributed by atoms with Crippen molar-refractivity contribution >= 4 is 23.5 Å². The van der Waals surface area contributed by atoms with Crippen LogP contribution in [0.3, 0.4) is 0 Å². The third-order valence-corrected chi connectivity index (χ3v) is 4.11. The summed E-state index contributed by atoms with van der Waals surface area (Å²) in [6, 6.07) is 8.08. The standard InChI is InChI=1S/C18H11F6N3O4/c19-17(20,21)16(25-13(28)10-4-2-1-3-5-10)14(29)27(15(30)26-16)11-6-8-12(9-7-11)31-18(22,23)24/h1-9H,(H,25,28)(H,26,30)/t16-/m1/s1. The number of benzene rings is 2. The zero-order valence-electron chi connectivity index (χ0n) is 15.0. The molecule has 7 nitrogen and oxygen atoms in total. The predicted octanol–water partition coefficient (Wildman–Crippen LogP) is 3.33. The van der Waals surface area contributed by atoms with Crippen LogP contribution in [-0.4, -0.2) is 36.0 Å². The molecule has 164 valence electrons. The molecule has 3 rings (SSSR count). The molecule has 13 heteroatoms. The van der Waals surface area contributed by atoms with Crippen LogP contribution >= 0.6 is 0 Å². The number of ether oxygens (including phenoxy) is 1. The molecule has 1 heterocycles. The smallest absolute Gasteiger partial charge is 0.406 e. The van der Waals surface area contributed by atoms with Gasteiger partial charge in [-0.25, -0.2) is 9.69 Å². The van der Waals surface area contributed by atoms with Crippen molar-refractivity contribution in [3.63, 3.8) is 0 Å². The van der Waals surface area contributed by atoms with Crippen LogP contribution in [0.15, 0.2) is 54.6 Å². The summed E-state index contributed by atoms with van der Waals surface area (Å²) in [4.78, 5) is 37.2. The van der Waals surface area contributed by atoms with E-state index >= 15 is 0 Å². The Morgan fingerprint density at radius 1 is 0.935 bits per heavy atom. The summed E-state index contributed by atoms with van der Waals surface area (Å²) in [6.45, 7) is 0. The minimum absolute atomic E-state index is 0.0517. The van der Waals surface area contributed by atoms with E-state index in [1.807, 2.05) is 0 Å². The van der Waals surface area contributed by atoms with Gasteiger partial charge in [0, 0.05) is 5.56 Å². The summed E-state index contributed by atoms with van der Waals surface area (Å²) < 4.78 is 81.9. The van der Waals surface area contributed by atoms with E-state index < -0.39 is 47.5 Å². The summed E-state index contributed by atoms with van der Waals surface area (Å²) in [5, 5.41) is 2.94. The lowest BCUT2D eigenvalue weighted by Crippen LogP contribution is -2.69. The lowest BCUT2D eigenvalue weighted by atomic mass is 10.1. The Labute approximate surface area is 169 Å². The van der Waals surface area contributed by atoms with Gasteiger partial charge < -0.3 is 10.1 Å². The van der Waals surface area contributed by atoms with Crippen molar-refractivity contribution in [1.82, 2.24) is 10.6 Å². The number of carbonyl (C=O) groups excluding carboxylic acids is 3. The summed E-state index contributed by atoms with van der Waals surface area (Å²) in [7, 11) is 0. The molecule has 1 atom stereocenters. The number of halogens is 6. The maximum Gasteiger partial charge on any atom is 0.573 e. The molecule has 0 saturated carbocycles. The first kappa shape index (κ1) is 21.9. The minimum Gasteiger partial charge on any atom is -0.406 e. The van der Waals surface area contributed by atoms with Crippen LogP contribution in [0.25, 0.3) is 0 Å². The quantitative estimate of drug-likeness (QED) is 0.556. The second-order valence-corrected chi connectivity index (χ2v) is 6.18. The molecule has 0 unspecified atom stereocenters. The SMILES string of the molecule is O=C(N[C@@]1(C(F)(F)F)NC(=O)N(c2ccc(OC(F)(F)F)cc2)C1=O)c1ccccc1. The summed E-state index contributed by atoms with van der Waals surface area (Å²) in [5.41, 5.74) is -4.46. The van der Waals surface area contributed by atoms with Crippen molar-refractivity contribution in [3.05, 3.63) is 60.2 Å². The van der Waals surface area contributed by atoms with Crippen LogP contribution < -0.4 is 20.3 Å². The van der Waals surface area contributed by atoms with Gasteiger partial charge in [-0.05, 0) is 36.4 Å². The second kappa shape index (κ2) is 7.49. The van der Waals surface area contributed by atoms with Gasteiger partial charge in [-0.2, -0.15) is 13.2 Å². The van der Waals surface area contributed by atoms with Gasteiger partial charge in [-0.15, -0.1) is 13.2 Å². The average Bonchev–Trinajstić information content (AvgIpc) is 2.92. The molecule has 2 aromatic rings. The maximum absolute atomic E-state index is 13.8. The average molecular weight is 447 g/mol. The molecule has 0 aromatic heterocycles. The van der Waals surface area contributed by atoms with Crippen molar-refractivity contribution in [3.8, 4) is 5.75 Å². The number of rotatable bonds is 4. The molecular weight excluding hydrogens is 436 g/mol. The number of carbonyl (C=O) groups is 3. The number of anilines is 1. The van der Waals surface area contributed by atoms with E-state index in [-0.39, 0.29) is 10.5 Å². The Morgan fingerprint density at radius 2 is 1.52 bits per heavy atom. The second-order valence-electron chi connectivity index (χ2n) is 6.18. The van der Waals surface area contributed by atoms with E-state index in [9.17, 15) is 40.7 Å². The largest absolute Gasteiger partial charge is 0.573 e. The lowest BCUT2D eigenvalue weighted by molar-refractivity contribution is -0.274. The fourth-order valence-electron chi connectivity index (χ4n) is 2.74. The van der Waals surface area contributed by atoms with Gasteiger partial charge in [0.25, 0.3) is 17.5 Å². The monoisotopic (exact) mass is 447 g/mol. The molecule has 0 spiro atoms. The van der Waals surface area contributed by atoms with Gasteiger partial charge in [0.1, 0.15) is 5.75 Å². The molecule has 1 aliphatic heterocycles. The zero-order chi connectivity index (χ0) is 23.0. The van der Waals surface area contributed by atoms with Gasteiger partial charge in [0.15, 0.2) is 0 Å². The first-order valence-electron chi connectivity index (χ1n) is 8.31. The molecule has 0 bridgehead atoms. The third kappa shape index (κ3) is 4.25. The fraction of sp³-hybridized carbons (Fsp3) is 0.167. The van der Waals surface area contributed by atoms with Crippen molar-refractivity contribution in [1.29, 1.82) is 0 Å². The number of hydrogen-bond acceptors (Lipinski definition) is 4. The van der Waals surface area contributed by atoms with Crippen molar-refractivity contribution < 1.29 is 45.5 Å². The fourth-order valence-corrected chi connectivity index (χ4v) is 2.74. The van der Waals surface area contributed by atoms with Crippen molar-refractivity contribution in [2.45, 2.75) is 18.2 Å². The normalized spacial score (nSPS) is 19.2. The van der Waals surface area contributed by atoms with Gasteiger partial charge in [0.2, 0.25) is 0 Å². The highest BCUT2D eigenvalue weighted by Crippen LogP contribution is 2.36. The number of nitrogens with one attached hydrogen (secondary N) is 2. The van der Waals surface area contributed by atoms with Gasteiger partial charge in [0.05, 0.1) is 5.69 Å². The Morgan fingerprint density at radius 3 is 2.03 bits per heavy atom. The number of urea groups is 1. The van der Waals surface area contributed by atoms with Crippen LogP contribution in [0.1, 0.15) is 10.4 Å². The van der Waals surface area contributed by atoms with Crippen LogP contribution in [-0.2, 0) is 4.79 Å². The molecule has 2 N–H and O–H groups in total. The van der Waals surface area contributed by atoms with Crippen molar-refractivity contribution in [2.75, 3.05) is 4.90 Å². The molecule has 4 amide bonds. The molecule has 1 fully saturated rings. The molecule has 0 aliphatic carbocycles. The van der Waals surface area contributed by atoms with Crippen LogP contribution in [0.4, 0.5) is 36.8 Å². The van der Waals surface area contributed by atoms with Crippen molar-refractivity contribution in [2.24, 2.45) is 0 Å². The van der Waals surface area contributed by atoms with E-state index in [4.69, 9.17) is 0 Å². The summed E-state index contributed by atoms with van der Waals surface area (Å²) in [6.07, 6.45) is -10.5. The Kier molecular flexibility index (Phi) is 5.29. The number of imide groups is 1. The number of hydrogen-bond donors (Lipinski definition) is 2. The van der Waals surface area contributed by atoms with Crippen LogP contribution in [0, 0.1) is 0 Å². The Hall–Kier alpha value is -3.77. The zero-order valence-corrected chi connectivity index (χ0v) is 15.0. The number of alkyl halides is 6. The summed E-state index contributed by atoms with van der Waals surface area (Å²) in [5.74, 6) is -3.90. The maximum atomic E-state index is 13.8. The van der Waals surface area contributed by atoms with E-state index in [1.54, 1.807) is 0 Å². The lowest BCUT2D eigenvalue weighted by Gasteiger charge is -2.29. The van der Waals surface area contributed by atoms with E-state index in [1.165, 1.54) is 41.0 Å². The molecule has 2 aromatic carbocycles. The summed E-state index contributed by atoms with van der Waals surface area (Å²) >= 11 is 0. The highest BCUT2D eigenvalue weighted by Gasteiger charge is 2.69. The minimum atomic E-state index is -5.45. The first-order chi connectivity index (χ1) is 14.3. The number of nitrogens with zero attached hydrogens (tertiary/aromatic N) is 1. The Balaban J connectivity index is 1.93. The van der Waals surface area contributed by atoms with E-state index in [0.717, 1.165) is 12.1 Å². The van der Waals surface area contributed by atoms with E-state index in [0.29, 0.717) is 12.1 Å². The van der Waals surface area contributed by atoms with Crippen LogP contribution in [0.5, 0.6) is 5.75 Å². The Bertz CT molecular complexity index is 1010. The molecule has 1 aliphatic rings. The first-order valence-corrected chi connectivity index (χ1v) is 8.31. The molecule has 31 heavy (non-hydrogen) atoms. The number of amides is 4. The molecular formula is C18H11F6N3O4. The third-order valence-electron chi connectivity index (χ3n) is 4.11. The molecule has 0 radical (unpaired) electrons. The van der Waals surface area contributed by atoms with Gasteiger partial charge in [-0.3, -0.25) is 14.9 Å². The van der Waals surface area contributed by atoms with Crippen LogP contribution in [0.2, 0.25) is 0 Å². The highest BCUT2D eigenvalue weighted by molar-refractivity contribution is 6.24. The van der Waals surface area contributed by atoms with E-state index in [2.05, 4.69) is 4.74 Å². The topological polar surface area (TPSA) is 87.7 Å². The predicted molar refractivity (Wildman–Crippen MR) is 91.8 cm³/mol.